The van der Waals surface area contributed by atoms with Crippen molar-refractivity contribution in [3.8, 4) is 0 Å². The van der Waals surface area contributed by atoms with E-state index in [1.54, 1.807) is 11.0 Å². The SMILES string of the molecule is C=CCN1CC(CI)OC1=O. The van der Waals surface area contributed by atoms with Crippen LogP contribution in [-0.2, 0) is 4.74 Å². The molecule has 4 heteroatoms. The number of nitrogens with zero attached hydrogens (tertiary/aromatic N) is 1. The van der Waals surface area contributed by atoms with Crippen LogP contribution in [0.1, 0.15) is 0 Å². The van der Waals surface area contributed by atoms with Crippen molar-refractivity contribution >= 4 is 28.7 Å². The van der Waals surface area contributed by atoms with Crippen LogP contribution in [0.4, 0.5) is 4.79 Å². The molecular weight excluding hydrogens is 257 g/mol. The van der Waals surface area contributed by atoms with Crippen LogP contribution in [0.3, 0.4) is 0 Å². The third-order valence-corrected chi connectivity index (χ3v) is 2.45. The van der Waals surface area contributed by atoms with Gasteiger partial charge in [0.2, 0.25) is 0 Å². The molecule has 1 fully saturated rings. The average molecular weight is 267 g/mol. The van der Waals surface area contributed by atoms with Gasteiger partial charge in [-0.2, -0.15) is 0 Å². The number of alkyl halides is 1. The number of carbonyl (C=O) groups excluding carboxylic acids is 1. The van der Waals surface area contributed by atoms with Crippen LogP contribution in [0.2, 0.25) is 0 Å². The van der Waals surface area contributed by atoms with E-state index in [9.17, 15) is 4.79 Å². The highest BCUT2D eigenvalue weighted by Crippen LogP contribution is 2.12. The van der Waals surface area contributed by atoms with Gasteiger partial charge in [-0.15, -0.1) is 6.58 Å². The number of carbonyl (C=O) groups is 1. The molecule has 0 bridgehead atoms. The molecule has 0 N–H and O–H groups in total. The summed E-state index contributed by atoms with van der Waals surface area (Å²) in [6, 6.07) is 0. The Morgan fingerprint density at radius 1 is 1.91 bits per heavy atom. The maximum absolute atomic E-state index is 11.0. The van der Waals surface area contributed by atoms with Crippen LogP contribution in [-0.4, -0.2) is 34.6 Å². The van der Waals surface area contributed by atoms with E-state index in [0.717, 1.165) is 4.43 Å². The molecule has 1 aliphatic rings. The second-order valence-electron chi connectivity index (χ2n) is 2.35. The molecule has 1 amide bonds. The zero-order chi connectivity index (χ0) is 8.27. The van der Waals surface area contributed by atoms with Crippen LogP contribution in [0, 0.1) is 0 Å². The van der Waals surface area contributed by atoms with Crippen molar-refractivity contribution in [3.63, 3.8) is 0 Å². The molecule has 1 rings (SSSR count). The lowest BCUT2D eigenvalue weighted by atomic mass is 10.4. The van der Waals surface area contributed by atoms with Gasteiger partial charge >= 0.3 is 6.09 Å². The Labute approximate surface area is 79.5 Å². The van der Waals surface area contributed by atoms with E-state index < -0.39 is 0 Å². The third kappa shape index (κ3) is 2.08. The highest BCUT2D eigenvalue weighted by Gasteiger charge is 2.28. The molecule has 3 nitrogen and oxygen atoms in total. The van der Waals surface area contributed by atoms with Crippen molar-refractivity contribution in [2.45, 2.75) is 6.10 Å². The first-order valence-electron chi connectivity index (χ1n) is 3.40. The molecule has 0 radical (unpaired) electrons. The Bertz CT molecular complexity index is 172. The summed E-state index contributed by atoms with van der Waals surface area (Å²) >= 11 is 2.21. The van der Waals surface area contributed by atoms with Gasteiger partial charge in [-0.05, 0) is 0 Å². The molecule has 0 aromatic carbocycles. The lowest BCUT2D eigenvalue weighted by molar-refractivity contribution is 0.142. The molecule has 11 heavy (non-hydrogen) atoms. The van der Waals surface area contributed by atoms with Crippen molar-refractivity contribution < 1.29 is 9.53 Å². The van der Waals surface area contributed by atoms with Gasteiger partial charge in [-0.1, -0.05) is 28.7 Å². The molecule has 0 spiro atoms. The van der Waals surface area contributed by atoms with Crippen LogP contribution >= 0.6 is 22.6 Å². The summed E-state index contributed by atoms with van der Waals surface area (Å²) in [5.74, 6) is 0. The van der Waals surface area contributed by atoms with Gasteiger partial charge in [0.1, 0.15) is 6.10 Å². The number of rotatable bonds is 3. The predicted molar refractivity (Wildman–Crippen MR) is 50.9 cm³/mol. The van der Waals surface area contributed by atoms with E-state index in [1.807, 2.05) is 0 Å². The normalized spacial score (nSPS) is 23.5. The Morgan fingerprint density at radius 2 is 2.64 bits per heavy atom. The molecule has 1 heterocycles. The first-order valence-corrected chi connectivity index (χ1v) is 4.93. The molecular formula is C7H10INO2. The molecule has 0 aliphatic carbocycles. The second kappa shape index (κ2) is 3.94. The number of hydrogen-bond donors (Lipinski definition) is 0. The number of halogens is 1. The predicted octanol–water partition coefficient (Wildman–Crippen LogP) is 1.43. The van der Waals surface area contributed by atoms with Gasteiger partial charge in [0, 0.05) is 11.0 Å². The lowest BCUT2D eigenvalue weighted by Crippen LogP contribution is -2.25. The first-order chi connectivity index (χ1) is 5.27. The third-order valence-electron chi connectivity index (χ3n) is 1.47. The average Bonchev–Trinajstić information content (AvgIpc) is 2.33. The quantitative estimate of drug-likeness (QED) is 0.440. The summed E-state index contributed by atoms with van der Waals surface area (Å²) < 4.78 is 5.87. The van der Waals surface area contributed by atoms with Gasteiger partial charge < -0.3 is 9.64 Å². The maximum atomic E-state index is 11.0. The zero-order valence-electron chi connectivity index (χ0n) is 6.12. The summed E-state index contributed by atoms with van der Waals surface area (Å²) in [5.41, 5.74) is 0. The maximum Gasteiger partial charge on any atom is 0.410 e. The monoisotopic (exact) mass is 267 g/mol. The number of amides is 1. The van der Waals surface area contributed by atoms with Crippen LogP contribution in [0.25, 0.3) is 0 Å². The van der Waals surface area contributed by atoms with Crippen LogP contribution in [0.5, 0.6) is 0 Å². The summed E-state index contributed by atoms with van der Waals surface area (Å²) in [4.78, 5) is 12.6. The summed E-state index contributed by atoms with van der Waals surface area (Å²) in [6.45, 7) is 4.85. The molecule has 1 atom stereocenters. The van der Waals surface area contributed by atoms with Gasteiger partial charge in [0.05, 0.1) is 6.54 Å². The fraction of sp³-hybridized carbons (Fsp3) is 0.571. The second-order valence-corrected chi connectivity index (χ2v) is 3.23. The molecule has 62 valence electrons. The Balaban J connectivity index is 2.44. The summed E-state index contributed by atoms with van der Waals surface area (Å²) in [6.07, 6.45) is 1.56. The molecule has 0 aromatic heterocycles. The zero-order valence-corrected chi connectivity index (χ0v) is 8.28. The van der Waals surface area contributed by atoms with E-state index in [1.165, 1.54) is 0 Å². The summed E-state index contributed by atoms with van der Waals surface area (Å²) in [5, 5.41) is 0. The van der Waals surface area contributed by atoms with Crippen molar-refractivity contribution in [1.29, 1.82) is 0 Å². The smallest absolute Gasteiger partial charge is 0.410 e. The van der Waals surface area contributed by atoms with Crippen LogP contribution in [0.15, 0.2) is 12.7 Å². The van der Waals surface area contributed by atoms with E-state index in [2.05, 4.69) is 29.2 Å². The van der Waals surface area contributed by atoms with Gasteiger partial charge in [0.25, 0.3) is 0 Å². The minimum atomic E-state index is -0.216. The van der Waals surface area contributed by atoms with Crippen molar-refractivity contribution in [3.05, 3.63) is 12.7 Å². The van der Waals surface area contributed by atoms with Crippen LogP contribution < -0.4 is 0 Å². The molecule has 1 saturated heterocycles. The molecule has 1 aliphatic heterocycles. The number of cyclic esters (lactones) is 1. The van der Waals surface area contributed by atoms with E-state index in [4.69, 9.17) is 4.74 Å². The largest absolute Gasteiger partial charge is 0.443 e. The van der Waals surface area contributed by atoms with Crippen molar-refractivity contribution in [2.75, 3.05) is 17.5 Å². The number of hydrogen-bond acceptors (Lipinski definition) is 2. The van der Waals surface area contributed by atoms with E-state index >= 15 is 0 Å². The van der Waals surface area contributed by atoms with Crippen molar-refractivity contribution in [2.24, 2.45) is 0 Å². The fourth-order valence-electron chi connectivity index (χ4n) is 0.960. The molecule has 0 saturated carbocycles. The molecule has 0 aromatic rings. The van der Waals surface area contributed by atoms with E-state index in [-0.39, 0.29) is 12.2 Å². The van der Waals surface area contributed by atoms with Gasteiger partial charge in [-0.25, -0.2) is 4.79 Å². The summed E-state index contributed by atoms with van der Waals surface area (Å²) in [7, 11) is 0. The molecule has 1 unspecified atom stereocenters. The van der Waals surface area contributed by atoms with E-state index in [0.29, 0.717) is 13.1 Å². The topological polar surface area (TPSA) is 29.5 Å². The Morgan fingerprint density at radius 3 is 3.09 bits per heavy atom. The fourth-order valence-corrected chi connectivity index (χ4v) is 1.42. The first kappa shape index (κ1) is 8.83. The highest BCUT2D eigenvalue weighted by molar-refractivity contribution is 14.1. The minimum absolute atomic E-state index is 0.0723. The Hall–Kier alpha value is -0.260. The Kier molecular flexibility index (Phi) is 3.16. The van der Waals surface area contributed by atoms with Crippen molar-refractivity contribution in [1.82, 2.24) is 4.90 Å². The van der Waals surface area contributed by atoms with Gasteiger partial charge in [-0.3, -0.25) is 0 Å². The minimum Gasteiger partial charge on any atom is -0.443 e. The van der Waals surface area contributed by atoms with Gasteiger partial charge in [0.15, 0.2) is 0 Å². The standard InChI is InChI=1S/C7H10INO2/c1-2-3-9-5-6(4-8)11-7(9)10/h2,6H,1,3-5H2. The number of ether oxygens (including phenoxy) is 1. The highest BCUT2D eigenvalue weighted by atomic mass is 127. The lowest BCUT2D eigenvalue weighted by Gasteiger charge is -2.07.